The number of thiazole rings is 1. The quantitative estimate of drug-likeness (QED) is 0.199. The maximum atomic E-state index is 13.3. The van der Waals surface area contributed by atoms with Crippen LogP contribution < -0.4 is 4.90 Å². The molecule has 1 unspecified atom stereocenters. The monoisotopic (exact) mass is 494 g/mol. The van der Waals surface area contributed by atoms with E-state index < -0.39 is 17.7 Å². The van der Waals surface area contributed by atoms with Crippen molar-refractivity contribution in [1.29, 1.82) is 0 Å². The first kappa shape index (κ1) is 21.6. The number of fused-ring (bicyclic) bond motifs is 1. The second kappa shape index (κ2) is 8.30. The highest BCUT2D eigenvalue weighted by Gasteiger charge is 2.48. The van der Waals surface area contributed by atoms with Gasteiger partial charge in [-0.05, 0) is 36.8 Å². The summed E-state index contributed by atoms with van der Waals surface area (Å²) in [5.74, 6) is -1.85. The van der Waals surface area contributed by atoms with Gasteiger partial charge >= 0.3 is 5.91 Å². The lowest BCUT2D eigenvalue weighted by Crippen LogP contribution is -2.29. The molecule has 1 aromatic heterocycles. The van der Waals surface area contributed by atoms with E-state index >= 15 is 0 Å². The van der Waals surface area contributed by atoms with Gasteiger partial charge in [-0.25, -0.2) is 4.98 Å². The molecular formula is C25H16Cl2N2O3S. The zero-order valence-electron chi connectivity index (χ0n) is 17.3. The molecule has 33 heavy (non-hydrogen) atoms. The number of para-hydroxylation sites is 1. The number of Topliss-reactive ketones (excluding diaryl/α,β-unsaturated/α-hetero) is 1. The Morgan fingerprint density at radius 2 is 1.76 bits per heavy atom. The summed E-state index contributed by atoms with van der Waals surface area (Å²) >= 11 is 13.9. The predicted molar refractivity (Wildman–Crippen MR) is 132 cm³/mol. The minimum absolute atomic E-state index is 0.0488. The molecule has 1 atom stereocenters. The van der Waals surface area contributed by atoms with E-state index in [0.717, 1.165) is 10.3 Å². The third kappa shape index (κ3) is 3.70. The van der Waals surface area contributed by atoms with Crippen molar-refractivity contribution in [3.63, 3.8) is 0 Å². The average Bonchev–Trinajstić information content (AvgIpc) is 3.32. The number of aliphatic hydroxyl groups excluding tert-OH is 1. The molecule has 0 saturated carbocycles. The van der Waals surface area contributed by atoms with Gasteiger partial charge in [0.2, 0.25) is 0 Å². The van der Waals surface area contributed by atoms with Gasteiger partial charge < -0.3 is 5.11 Å². The number of hydrogen-bond acceptors (Lipinski definition) is 5. The molecule has 0 bridgehead atoms. The second-order valence-electron chi connectivity index (χ2n) is 7.67. The van der Waals surface area contributed by atoms with E-state index in [1.165, 1.54) is 16.2 Å². The largest absolute Gasteiger partial charge is 0.507 e. The molecule has 5 rings (SSSR count). The number of anilines is 1. The Bertz CT molecular complexity index is 1430. The number of nitrogens with zero attached hydrogens (tertiary/aromatic N) is 2. The summed E-state index contributed by atoms with van der Waals surface area (Å²) in [5.41, 5.74) is 2.55. The molecule has 5 nitrogen and oxygen atoms in total. The van der Waals surface area contributed by atoms with E-state index in [1.807, 2.05) is 43.3 Å². The Kier molecular flexibility index (Phi) is 5.44. The fourth-order valence-electron chi connectivity index (χ4n) is 3.88. The van der Waals surface area contributed by atoms with Crippen molar-refractivity contribution in [3.8, 4) is 0 Å². The van der Waals surface area contributed by atoms with Gasteiger partial charge in [-0.3, -0.25) is 14.5 Å². The van der Waals surface area contributed by atoms with Gasteiger partial charge in [0.15, 0.2) is 5.13 Å². The Morgan fingerprint density at radius 1 is 1.03 bits per heavy atom. The first-order valence-corrected chi connectivity index (χ1v) is 11.6. The highest BCUT2D eigenvalue weighted by Crippen LogP contribution is 2.46. The van der Waals surface area contributed by atoms with Crippen LogP contribution in [0.25, 0.3) is 16.0 Å². The molecule has 8 heteroatoms. The Labute approximate surface area is 203 Å². The minimum atomic E-state index is -0.961. The zero-order chi connectivity index (χ0) is 23.3. The number of ketones is 1. The van der Waals surface area contributed by atoms with Gasteiger partial charge in [0, 0.05) is 15.6 Å². The molecule has 1 aliphatic rings. The Morgan fingerprint density at radius 3 is 2.45 bits per heavy atom. The van der Waals surface area contributed by atoms with Gasteiger partial charge in [-0.15, -0.1) is 0 Å². The molecule has 3 aromatic carbocycles. The number of halogens is 2. The van der Waals surface area contributed by atoms with Crippen LogP contribution in [0.3, 0.4) is 0 Å². The van der Waals surface area contributed by atoms with Crippen LogP contribution in [-0.4, -0.2) is 21.8 Å². The van der Waals surface area contributed by atoms with Gasteiger partial charge in [-0.2, -0.15) is 0 Å². The predicted octanol–water partition coefficient (Wildman–Crippen LogP) is 6.54. The average molecular weight is 495 g/mol. The summed E-state index contributed by atoms with van der Waals surface area (Å²) in [6.07, 6.45) is 0. The number of benzene rings is 3. The molecule has 0 aliphatic carbocycles. The molecule has 0 radical (unpaired) electrons. The van der Waals surface area contributed by atoms with Gasteiger partial charge in [0.25, 0.3) is 5.78 Å². The van der Waals surface area contributed by atoms with Crippen LogP contribution in [0, 0.1) is 6.92 Å². The van der Waals surface area contributed by atoms with Crippen LogP contribution in [0.1, 0.15) is 22.7 Å². The van der Waals surface area contributed by atoms with Gasteiger partial charge in [-0.1, -0.05) is 82.6 Å². The highest BCUT2D eigenvalue weighted by atomic mass is 35.5. The van der Waals surface area contributed by atoms with Crippen molar-refractivity contribution >= 4 is 67.3 Å². The number of amides is 1. The van der Waals surface area contributed by atoms with E-state index in [2.05, 4.69) is 4.98 Å². The fraction of sp³-hybridized carbons (Fsp3) is 0.0800. The maximum absolute atomic E-state index is 13.3. The smallest absolute Gasteiger partial charge is 0.301 e. The molecule has 164 valence electrons. The van der Waals surface area contributed by atoms with Crippen molar-refractivity contribution in [2.24, 2.45) is 0 Å². The molecule has 1 aliphatic heterocycles. The number of aromatic nitrogens is 1. The first-order valence-electron chi connectivity index (χ1n) is 10.0. The number of carbonyl (C=O) groups is 2. The van der Waals surface area contributed by atoms with Crippen LogP contribution in [0.15, 0.2) is 72.3 Å². The summed E-state index contributed by atoms with van der Waals surface area (Å²) in [4.78, 5) is 32.4. The minimum Gasteiger partial charge on any atom is -0.507 e. The van der Waals surface area contributed by atoms with Crippen LogP contribution >= 0.6 is 34.5 Å². The Hall–Kier alpha value is -3.19. The number of aryl methyl sites for hydroxylation is 1. The number of aliphatic hydroxyl groups is 1. The molecule has 4 aromatic rings. The van der Waals surface area contributed by atoms with Crippen LogP contribution in [-0.2, 0) is 9.59 Å². The van der Waals surface area contributed by atoms with Gasteiger partial charge in [0.1, 0.15) is 5.76 Å². The third-order valence-corrected chi connectivity index (χ3v) is 7.11. The molecule has 0 spiro atoms. The summed E-state index contributed by atoms with van der Waals surface area (Å²) in [6, 6.07) is 18.4. The lowest BCUT2D eigenvalue weighted by Gasteiger charge is -2.24. The van der Waals surface area contributed by atoms with E-state index in [0.29, 0.717) is 26.8 Å². The number of carbonyl (C=O) groups excluding carboxylic acids is 2. The molecule has 1 amide bonds. The topological polar surface area (TPSA) is 70.5 Å². The SMILES string of the molecule is Cc1ccc(/C(O)=C2/C(=O)C(=O)N(c3nc4ccccc4s3)C2c2ccc(Cl)cc2Cl)cc1. The Balaban J connectivity index is 1.76. The van der Waals surface area contributed by atoms with Crippen LogP contribution in [0.5, 0.6) is 0 Å². The van der Waals surface area contributed by atoms with E-state index in [-0.39, 0.29) is 16.4 Å². The number of hydrogen-bond donors (Lipinski definition) is 1. The summed E-state index contributed by atoms with van der Waals surface area (Å²) in [5, 5.41) is 12.2. The van der Waals surface area contributed by atoms with Crippen molar-refractivity contribution in [2.75, 3.05) is 4.90 Å². The lowest BCUT2D eigenvalue weighted by molar-refractivity contribution is -0.132. The summed E-state index contributed by atoms with van der Waals surface area (Å²) < 4.78 is 0.869. The van der Waals surface area contributed by atoms with Crippen molar-refractivity contribution < 1.29 is 14.7 Å². The molecule has 1 N–H and O–H groups in total. The summed E-state index contributed by atoms with van der Waals surface area (Å²) in [6.45, 7) is 1.92. The van der Waals surface area contributed by atoms with Crippen LogP contribution in [0.4, 0.5) is 5.13 Å². The fourth-order valence-corrected chi connectivity index (χ4v) is 5.38. The maximum Gasteiger partial charge on any atom is 0.301 e. The van der Waals surface area contributed by atoms with Crippen molar-refractivity contribution in [2.45, 2.75) is 13.0 Å². The lowest BCUT2D eigenvalue weighted by atomic mass is 9.95. The number of rotatable bonds is 3. The van der Waals surface area contributed by atoms with E-state index in [9.17, 15) is 14.7 Å². The normalized spacial score (nSPS) is 17.8. The van der Waals surface area contributed by atoms with Crippen molar-refractivity contribution in [1.82, 2.24) is 4.98 Å². The standard InChI is InChI=1S/C25H16Cl2N2O3S/c1-13-6-8-14(9-7-13)22(30)20-21(16-11-10-15(26)12-17(16)27)29(24(32)23(20)31)25-28-18-4-2-3-5-19(18)33-25/h2-12,21,30H,1H3/b22-20-. The van der Waals surface area contributed by atoms with E-state index in [1.54, 1.807) is 30.3 Å². The third-order valence-electron chi connectivity index (χ3n) is 5.52. The van der Waals surface area contributed by atoms with Crippen molar-refractivity contribution in [3.05, 3.63) is 99.0 Å². The zero-order valence-corrected chi connectivity index (χ0v) is 19.6. The molecule has 1 saturated heterocycles. The molecule has 1 fully saturated rings. The summed E-state index contributed by atoms with van der Waals surface area (Å²) in [7, 11) is 0. The van der Waals surface area contributed by atoms with Gasteiger partial charge in [0.05, 0.1) is 21.8 Å². The van der Waals surface area contributed by atoms with Crippen LogP contribution in [0.2, 0.25) is 10.0 Å². The second-order valence-corrected chi connectivity index (χ2v) is 9.52. The highest BCUT2D eigenvalue weighted by molar-refractivity contribution is 7.22. The molecule has 2 heterocycles. The molecular weight excluding hydrogens is 479 g/mol. The van der Waals surface area contributed by atoms with E-state index in [4.69, 9.17) is 23.2 Å². The first-order chi connectivity index (χ1) is 15.8.